The third-order valence-electron chi connectivity index (χ3n) is 7.25. The fraction of sp³-hybridized carbons (Fsp3) is 0.444. The SMILES string of the molecule is COc1cccc2[nH]c(C(=O)N3CC(Cc4ccccc4)CC3(C(C)C)C(C)C)cc12. The van der Waals surface area contributed by atoms with Crippen LogP contribution in [0.5, 0.6) is 5.75 Å². The number of benzene rings is 2. The number of hydrogen-bond acceptors (Lipinski definition) is 2. The molecule has 0 bridgehead atoms. The molecular formula is C27H34N2O2. The van der Waals surface area contributed by atoms with E-state index >= 15 is 0 Å². The topological polar surface area (TPSA) is 45.3 Å². The lowest BCUT2D eigenvalue weighted by Gasteiger charge is -2.45. The Balaban J connectivity index is 1.70. The van der Waals surface area contributed by atoms with Crippen molar-refractivity contribution in [2.75, 3.05) is 13.7 Å². The number of carbonyl (C=O) groups excluding carboxylic acids is 1. The van der Waals surface area contributed by atoms with E-state index in [1.54, 1.807) is 7.11 Å². The number of amides is 1. The van der Waals surface area contributed by atoms with Crippen molar-refractivity contribution < 1.29 is 9.53 Å². The summed E-state index contributed by atoms with van der Waals surface area (Å²) in [6.45, 7) is 9.84. The molecular weight excluding hydrogens is 384 g/mol. The van der Waals surface area contributed by atoms with Crippen molar-refractivity contribution in [2.24, 2.45) is 17.8 Å². The minimum atomic E-state index is -0.155. The van der Waals surface area contributed by atoms with Crippen molar-refractivity contribution >= 4 is 16.8 Å². The van der Waals surface area contributed by atoms with Gasteiger partial charge in [0.15, 0.2) is 0 Å². The van der Waals surface area contributed by atoms with Crippen LogP contribution in [-0.4, -0.2) is 35.0 Å². The standard InChI is InChI=1S/C27H34N2O2/c1-18(2)27(19(3)4)16-21(14-20-10-7-6-8-11-20)17-29(27)26(30)24-15-22-23(28-24)12-9-13-25(22)31-5/h6-13,15,18-19,21,28H,14,16-17H2,1-5H3. The first-order valence-corrected chi connectivity index (χ1v) is 11.4. The Bertz CT molecular complexity index is 1040. The maximum absolute atomic E-state index is 13.9. The summed E-state index contributed by atoms with van der Waals surface area (Å²) in [7, 11) is 1.67. The Morgan fingerprint density at radius 2 is 1.81 bits per heavy atom. The number of nitrogens with one attached hydrogen (secondary N) is 1. The van der Waals surface area contributed by atoms with Gasteiger partial charge in [-0.05, 0) is 54.4 Å². The molecule has 1 amide bonds. The summed E-state index contributed by atoms with van der Waals surface area (Å²) in [6.07, 6.45) is 2.04. The van der Waals surface area contributed by atoms with Crippen LogP contribution >= 0.6 is 0 Å². The molecule has 4 nitrogen and oxygen atoms in total. The van der Waals surface area contributed by atoms with E-state index in [0.29, 0.717) is 23.4 Å². The van der Waals surface area contributed by atoms with Crippen LogP contribution in [-0.2, 0) is 6.42 Å². The second-order valence-corrected chi connectivity index (χ2v) is 9.58. The van der Waals surface area contributed by atoms with Crippen LogP contribution < -0.4 is 4.74 Å². The summed E-state index contributed by atoms with van der Waals surface area (Å²) in [5.74, 6) is 2.08. The number of aromatic amines is 1. The van der Waals surface area contributed by atoms with Gasteiger partial charge in [-0.2, -0.15) is 0 Å². The van der Waals surface area contributed by atoms with Crippen molar-refractivity contribution in [1.82, 2.24) is 9.88 Å². The van der Waals surface area contributed by atoms with E-state index in [9.17, 15) is 4.79 Å². The van der Waals surface area contributed by atoms with Crippen molar-refractivity contribution in [3.63, 3.8) is 0 Å². The van der Waals surface area contributed by atoms with Gasteiger partial charge in [-0.15, -0.1) is 0 Å². The van der Waals surface area contributed by atoms with Gasteiger partial charge in [0.2, 0.25) is 0 Å². The number of rotatable bonds is 6. The first kappa shape index (κ1) is 21.5. The average Bonchev–Trinajstić information content (AvgIpc) is 3.36. The predicted molar refractivity (Wildman–Crippen MR) is 127 cm³/mol. The fourth-order valence-corrected chi connectivity index (χ4v) is 5.75. The molecule has 3 aromatic rings. The molecule has 1 atom stereocenters. The number of hydrogen-bond donors (Lipinski definition) is 1. The fourth-order valence-electron chi connectivity index (χ4n) is 5.75. The normalized spacial score (nSPS) is 18.3. The molecule has 0 radical (unpaired) electrons. The van der Waals surface area contributed by atoms with Gasteiger partial charge >= 0.3 is 0 Å². The lowest BCUT2D eigenvalue weighted by atomic mass is 9.73. The van der Waals surface area contributed by atoms with Crippen molar-refractivity contribution in [1.29, 1.82) is 0 Å². The van der Waals surface area contributed by atoms with Crippen molar-refractivity contribution in [3.8, 4) is 5.75 Å². The molecule has 1 aromatic heterocycles. The third kappa shape index (κ3) is 3.73. The van der Waals surface area contributed by atoms with Crippen LogP contribution in [0.15, 0.2) is 54.6 Å². The number of carbonyl (C=O) groups is 1. The lowest BCUT2D eigenvalue weighted by Crippen LogP contribution is -2.54. The lowest BCUT2D eigenvalue weighted by molar-refractivity contribution is 0.0291. The van der Waals surface area contributed by atoms with Gasteiger partial charge in [-0.3, -0.25) is 4.79 Å². The van der Waals surface area contributed by atoms with Gasteiger partial charge < -0.3 is 14.6 Å². The summed E-state index contributed by atoms with van der Waals surface area (Å²) in [5.41, 5.74) is 2.77. The number of nitrogens with zero attached hydrogens (tertiary/aromatic N) is 1. The van der Waals surface area contributed by atoms with Crippen LogP contribution in [0.2, 0.25) is 0 Å². The summed E-state index contributed by atoms with van der Waals surface area (Å²) < 4.78 is 5.50. The Morgan fingerprint density at radius 1 is 1.10 bits per heavy atom. The molecule has 2 heterocycles. The number of methoxy groups -OCH3 is 1. The van der Waals surface area contributed by atoms with E-state index in [2.05, 4.69) is 67.9 Å². The van der Waals surface area contributed by atoms with Crippen LogP contribution in [0.3, 0.4) is 0 Å². The number of H-pyrrole nitrogens is 1. The van der Waals surface area contributed by atoms with E-state index in [1.807, 2.05) is 24.3 Å². The van der Waals surface area contributed by atoms with Crippen LogP contribution in [0.1, 0.15) is 50.2 Å². The van der Waals surface area contributed by atoms with Gasteiger partial charge in [0.25, 0.3) is 5.91 Å². The number of aromatic nitrogens is 1. The second-order valence-electron chi connectivity index (χ2n) is 9.58. The molecule has 31 heavy (non-hydrogen) atoms. The van der Waals surface area contributed by atoms with Gasteiger partial charge in [-0.25, -0.2) is 0 Å². The predicted octanol–water partition coefficient (Wildman–Crippen LogP) is 5.93. The Kier molecular flexibility index (Phi) is 5.83. The molecule has 164 valence electrons. The molecule has 1 saturated heterocycles. The average molecular weight is 419 g/mol. The quantitative estimate of drug-likeness (QED) is 0.539. The molecule has 1 aliphatic rings. The maximum atomic E-state index is 13.9. The van der Waals surface area contributed by atoms with Gasteiger partial charge in [0.05, 0.1) is 7.11 Å². The molecule has 2 aromatic carbocycles. The first-order valence-electron chi connectivity index (χ1n) is 11.4. The van der Waals surface area contributed by atoms with Crippen LogP contribution in [0, 0.1) is 17.8 Å². The summed E-state index contributed by atoms with van der Waals surface area (Å²) in [5, 5.41) is 0.952. The van der Waals surface area contributed by atoms with Gasteiger partial charge in [0, 0.05) is 23.0 Å². The van der Waals surface area contributed by atoms with E-state index in [4.69, 9.17) is 4.74 Å². The molecule has 4 heteroatoms. The molecule has 1 N–H and O–H groups in total. The molecule has 4 rings (SSSR count). The summed E-state index contributed by atoms with van der Waals surface area (Å²) in [6, 6.07) is 18.5. The summed E-state index contributed by atoms with van der Waals surface area (Å²) >= 11 is 0. The van der Waals surface area contributed by atoms with E-state index in [-0.39, 0.29) is 11.4 Å². The monoisotopic (exact) mass is 418 g/mol. The smallest absolute Gasteiger partial charge is 0.270 e. The maximum Gasteiger partial charge on any atom is 0.270 e. The zero-order valence-corrected chi connectivity index (χ0v) is 19.3. The van der Waals surface area contributed by atoms with Crippen molar-refractivity contribution in [3.05, 3.63) is 65.9 Å². The van der Waals surface area contributed by atoms with Crippen molar-refractivity contribution in [2.45, 2.75) is 46.1 Å². The molecule has 1 aliphatic heterocycles. The highest BCUT2D eigenvalue weighted by molar-refractivity contribution is 6.00. The zero-order chi connectivity index (χ0) is 22.2. The second kappa shape index (κ2) is 8.41. The largest absolute Gasteiger partial charge is 0.496 e. The Labute approximate surface area is 185 Å². The minimum absolute atomic E-state index is 0.0937. The zero-order valence-electron chi connectivity index (χ0n) is 19.3. The van der Waals surface area contributed by atoms with Gasteiger partial charge in [0.1, 0.15) is 11.4 Å². The molecule has 1 unspecified atom stereocenters. The van der Waals surface area contributed by atoms with Gasteiger partial charge in [-0.1, -0.05) is 64.1 Å². The molecule has 0 saturated carbocycles. The van der Waals surface area contributed by atoms with E-state index in [0.717, 1.165) is 36.0 Å². The summed E-state index contributed by atoms with van der Waals surface area (Å²) in [4.78, 5) is 19.4. The number of fused-ring (bicyclic) bond motifs is 1. The van der Waals surface area contributed by atoms with E-state index < -0.39 is 0 Å². The highest BCUT2D eigenvalue weighted by Crippen LogP contribution is 2.46. The van der Waals surface area contributed by atoms with Crippen LogP contribution in [0.25, 0.3) is 10.9 Å². The number of likely N-dealkylation sites (tertiary alicyclic amines) is 1. The number of ether oxygens (including phenoxy) is 1. The Hall–Kier alpha value is -2.75. The molecule has 0 aliphatic carbocycles. The van der Waals surface area contributed by atoms with E-state index in [1.165, 1.54) is 5.56 Å². The Morgan fingerprint density at radius 3 is 2.45 bits per heavy atom. The first-order chi connectivity index (χ1) is 14.9. The molecule has 0 spiro atoms. The third-order valence-corrected chi connectivity index (χ3v) is 7.25. The molecule has 1 fully saturated rings. The minimum Gasteiger partial charge on any atom is -0.496 e. The van der Waals surface area contributed by atoms with Crippen LogP contribution in [0.4, 0.5) is 0 Å². The highest BCUT2D eigenvalue weighted by atomic mass is 16.5. The highest BCUT2D eigenvalue weighted by Gasteiger charge is 2.51.